The summed E-state index contributed by atoms with van der Waals surface area (Å²) in [6.07, 6.45) is 0.836. The molecule has 7 heteroatoms. The van der Waals surface area contributed by atoms with Crippen LogP contribution in [0.3, 0.4) is 0 Å². The highest BCUT2D eigenvalue weighted by molar-refractivity contribution is 7.08. The molecular weight excluding hydrogens is 290 g/mol. The van der Waals surface area contributed by atoms with Crippen LogP contribution >= 0.6 is 11.3 Å². The van der Waals surface area contributed by atoms with E-state index in [4.69, 9.17) is 0 Å². The summed E-state index contributed by atoms with van der Waals surface area (Å²) in [5, 5.41) is 20.5. The lowest BCUT2D eigenvalue weighted by molar-refractivity contribution is -0.384. The largest absolute Gasteiger partial charge is 0.379 e. The molecule has 1 amide bonds. The molecule has 0 bridgehead atoms. The summed E-state index contributed by atoms with van der Waals surface area (Å²) < 4.78 is 0. The second-order valence-electron chi connectivity index (χ2n) is 4.35. The molecule has 110 valence electrons. The second kappa shape index (κ2) is 6.85. The van der Waals surface area contributed by atoms with Crippen molar-refractivity contribution >= 4 is 34.3 Å². The number of amides is 1. The number of nitro benzene ring substituents is 1. The Balaban J connectivity index is 2.33. The molecule has 0 fully saturated rings. The van der Waals surface area contributed by atoms with Crippen LogP contribution in [0.4, 0.5) is 17.1 Å². The monoisotopic (exact) mass is 305 g/mol. The summed E-state index contributed by atoms with van der Waals surface area (Å²) in [6, 6.07) is 6.44. The van der Waals surface area contributed by atoms with Crippen LogP contribution in [0, 0.1) is 10.1 Å². The van der Waals surface area contributed by atoms with Crippen LogP contribution in [0.15, 0.2) is 35.0 Å². The van der Waals surface area contributed by atoms with E-state index in [-0.39, 0.29) is 11.3 Å². The normalized spacial score (nSPS) is 10.1. The van der Waals surface area contributed by atoms with Gasteiger partial charge in [0.1, 0.15) is 11.3 Å². The summed E-state index contributed by atoms with van der Waals surface area (Å²) in [5.74, 6) is -0.486. The predicted molar refractivity (Wildman–Crippen MR) is 84.1 cm³/mol. The van der Waals surface area contributed by atoms with Crippen molar-refractivity contribution < 1.29 is 9.72 Å². The summed E-state index contributed by atoms with van der Waals surface area (Å²) in [4.78, 5) is 23.0. The average Bonchev–Trinajstić information content (AvgIpc) is 2.97. The van der Waals surface area contributed by atoms with E-state index in [0.717, 1.165) is 6.42 Å². The van der Waals surface area contributed by atoms with Crippen molar-refractivity contribution in [1.29, 1.82) is 0 Å². The number of hydrogen-bond acceptors (Lipinski definition) is 5. The highest BCUT2D eigenvalue weighted by atomic mass is 32.1. The Kier molecular flexibility index (Phi) is 4.89. The maximum Gasteiger partial charge on any atom is 0.305 e. The minimum Gasteiger partial charge on any atom is -0.379 e. The minimum absolute atomic E-state index is 0.0484. The summed E-state index contributed by atoms with van der Waals surface area (Å²) >= 11 is 1.44. The maximum absolute atomic E-state index is 12.2. The summed E-state index contributed by atoms with van der Waals surface area (Å²) in [7, 11) is 0. The van der Waals surface area contributed by atoms with Gasteiger partial charge < -0.3 is 10.6 Å². The summed E-state index contributed by atoms with van der Waals surface area (Å²) in [5.41, 5.74) is 0.844. The zero-order chi connectivity index (χ0) is 15.2. The van der Waals surface area contributed by atoms with Gasteiger partial charge in [-0.1, -0.05) is 13.0 Å². The van der Waals surface area contributed by atoms with E-state index >= 15 is 0 Å². The Hall–Kier alpha value is -2.41. The number of rotatable bonds is 6. The van der Waals surface area contributed by atoms with Crippen LogP contribution in [-0.4, -0.2) is 17.4 Å². The number of benzene rings is 1. The minimum atomic E-state index is -0.527. The van der Waals surface area contributed by atoms with Crippen LogP contribution in [0.5, 0.6) is 0 Å². The second-order valence-corrected chi connectivity index (χ2v) is 5.13. The SMILES string of the molecule is CCCNc1cccc(C(=O)Nc2ccsc2)c1[N+](=O)[O-]. The Morgan fingerprint density at radius 2 is 2.19 bits per heavy atom. The van der Waals surface area contributed by atoms with Gasteiger partial charge in [-0.2, -0.15) is 11.3 Å². The van der Waals surface area contributed by atoms with E-state index in [9.17, 15) is 14.9 Å². The molecule has 21 heavy (non-hydrogen) atoms. The number of nitro groups is 1. The molecule has 0 aliphatic carbocycles. The Labute approximate surface area is 126 Å². The molecule has 2 rings (SSSR count). The fourth-order valence-corrected chi connectivity index (χ4v) is 2.45. The molecule has 0 spiro atoms. The predicted octanol–water partition coefficient (Wildman–Crippen LogP) is 3.73. The van der Waals surface area contributed by atoms with Crippen molar-refractivity contribution in [3.05, 3.63) is 50.7 Å². The number of anilines is 2. The number of para-hydroxylation sites is 1. The molecule has 2 aromatic rings. The van der Waals surface area contributed by atoms with Gasteiger partial charge >= 0.3 is 5.69 Å². The van der Waals surface area contributed by atoms with Crippen LogP contribution in [0.25, 0.3) is 0 Å². The number of carbonyl (C=O) groups is 1. The first-order chi connectivity index (χ1) is 10.1. The molecule has 0 aliphatic heterocycles. The van der Waals surface area contributed by atoms with E-state index in [0.29, 0.717) is 17.9 Å². The smallest absolute Gasteiger partial charge is 0.305 e. The van der Waals surface area contributed by atoms with E-state index in [1.165, 1.54) is 17.4 Å². The van der Waals surface area contributed by atoms with Gasteiger partial charge in [0.2, 0.25) is 0 Å². The van der Waals surface area contributed by atoms with E-state index in [1.54, 1.807) is 23.6 Å². The molecule has 1 aromatic carbocycles. The zero-order valence-electron chi connectivity index (χ0n) is 11.5. The van der Waals surface area contributed by atoms with Crippen LogP contribution in [0.1, 0.15) is 23.7 Å². The molecule has 0 saturated carbocycles. The lowest BCUT2D eigenvalue weighted by Crippen LogP contribution is -2.15. The van der Waals surface area contributed by atoms with Gasteiger partial charge in [-0.25, -0.2) is 0 Å². The van der Waals surface area contributed by atoms with Crippen LogP contribution in [0.2, 0.25) is 0 Å². The number of hydrogen-bond donors (Lipinski definition) is 2. The van der Waals surface area contributed by atoms with Crippen molar-refractivity contribution in [3.8, 4) is 0 Å². The standard InChI is InChI=1S/C14H15N3O3S/c1-2-7-15-12-5-3-4-11(13(12)17(19)20)14(18)16-10-6-8-21-9-10/h3-6,8-9,15H,2,7H2,1H3,(H,16,18). The first-order valence-electron chi connectivity index (χ1n) is 6.48. The summed E-state index contributed by atoms with van der Waals surface area (Å²) in [6.45, 7) is 2.57. The van der Waals surface area contributed by atoms with E-state index < -0.39 is 10.8 Å². The molecule has 1 heterocycles. The van der Waals surface area contributed by atoms with Gasteiger partial charge in [0, 0.05) is 11.9 Å². The molecule has 6 nitrogen and oxygen atoms in total. The Morgan fingerprint density at radius 3 is 2.81 bits per heavy atom. The lowest BCUT2D eigenvalue weighted by atomic mass is 10.1. The van der Waals surface area contributed by atoms with Crippen molar-refractivity contribution in [2.75, 3.05) is 17.2 Å². The third kappa shape index (κ3) is 3.57. The van der Waals surface area contributed by atoms with Crippen LogP contribution in [-0.2, 0) is 0 Å². The van der Waals surface area contributed by atoms with Gasteiger partial charge in [-0.15, -0.1) is 0 Å². The number of carbonyl (C=O) groups excluding carboxylic acids is 1. The van der Waals surface area contributed by atoms with Gasteiger partial charge in [-0.05, 0) is 30.0 Å². The van der Waals surface area contributed by atoms with Crippen molar-refractivity contribution in [1.82, 2.24) is 0 Å². The molecular formula is C14H15N3O3S. The van der Waals surface area contributed by atoms with Crippen molar-refractivity contribution in [2.45, 2.75) is 13.3 Å². The molecule has 0 atom stereocenters. The molecule has 0 saturated heterocycles. The van der Waals surface area contributed by atoms with Gasteiger partial charge in [0.05, 0.1) is 10.6 Å². The van der Waals surface area contributed by atoms with Crippen molar-refractivity contribution in [2.24, 2.45) is 0 Å². The molecule has 0 unspecified atom stereocenters. The highest BCUT2D eigenvalue weighted by Crippen LogP contribution is 2.29. The van der Waals surface area contributed by atoms with Crippen LogP contribution < -0.4 is 10.6 Å². The number of nitrogens with zero attached hydrogens (tertiary/aromatic N) is 1. The molecule has 0 aliphatic rings. The fraction of sp³-hybridized carbons (Fsp3) is 0.214. The van der Waals surface area contributed by atoms with Crippen molar-refractivity contribution in [3.63, 3.8) is 0 Å². The first kappa shape index (κ1) is 15.0. The Morgan fingerprint density at radius 1 is 1.38 bits per heavy atom. The van der Waals surface area contributed by atoms with Gasteiger partial charge in [0.15, 0.2) is 0 Å². The number of thiophene rings is 1. The van der Waals surface area contributed by atoms with E-state index in [1.807, 2.05) is 12.3 Å². The zero-order valence-corrected chi connectivity index (χ0v) is 12.3. The maximum atomic E-state index is 12.2. The van der Waals surface area contributed by atoms with Gasteiger partial charge in [-0.3, -0.25) is 14.9 Å². The lowest BCUT2D eigenvalue weighted by Gasteiger charge is -2.09. The molecule has 0 radical (unpaired) electrons. The van der Waals surface area contributed by atoms with Gasteiger partial charge in [0.25, 0.3) is 5.91 Å². The highest BCUT2D eigenvalue weighted by Gasteiger charge is 2.24. The number of nitrogens with one attached hydrogen (secondary N) is 2. The molecule has 2 N–H and O–H groups in total. The molecule has 1 aromatic heterocycles. The van der Waals surface area contributed by atoms with E-state index in [2.05, 4.69) is 10.6 Å². The quantitative estimate of drug-likeness (QED) is 0.629. The topological polar surface area (TPSA) is 84.3 Å². The third-order valence-electron chi connectivity index (χ3n) is 2.81. The first-order valence-corrected chi connectivity index (χ1v) is 7.42. The average molecular weight is 305 g/mol. The Bertz CT molecular complexity index is 641. The fourth-order valence-electron chi connectivity index (χ4n) is 1.86. The third-order valence-corrected chi connectivity index (χ3v) is 3.49.